The van der Waals surface area contributed by atoms with Crippen LogP contribution in [0.25, 0.3) is 0 Å². The molecule has 0 radical (unpaired) electrons. The molecule has 1 unspecified atom stereocenters. The molecule has 7 nitrogen and oxygen atoms in total. The number of nitrogens with one attached hydrogen (secondary N) is 2. The van der Waals surface area contributed by atoms with Crippen LogP contribution in [0.4, 0.5) is 0 Å². The molecule has 1 aromatic heterocycles. The summed E-state index contributed by atoms with van der Waals surface area (Å²) in [6.45, 7) is 4.55. The molecular weight excluding hydrogens is 246 g/mol. The van der Waals surface area contributed by atoms with Crippen LogP contribution in [0.5, 0.6) is 0 Å². The number of aromatic amines is 1. The molecule has 2 N–H and O–H groups in total. The summed E-state index contributed by atoms with van der Waals surface area (Å²) >= 11 is 0. The molecule has 1 aliphatic rings. The van der Waals surface area contributed by atoms with E-state index in [9.17, 15) is 4.79 Å². The molecule has 0 aliphatic carbocycles. The summed E-state index contributed by atoms with van der Waals surface area (Å²) in [5.41, 5.74) is 0. The summed E-state index contributed by atoms with van der Waals surface area (Å²) in [5.74, 6) is 0.732. The molecule has 1 aromatic rings. The monoisotopic (exact) mass is 267 g/mol. The Morgan fingerprint density at radius 2 is 2.42 bits per heavy atom. The van der Waals surface area contributed by atoms with Crippen molar-refractivity contribution in [2.75, 3.05) is 33.4 Å². The summed E-state index contributed by atoms with van der Waals surface area (Å²) in [5, 5.41) is 10.0. The Labute approximate surface area is 112 Å². The lowest BCUT2D eigenvalue weighted by Gasteiger charge is -2.24. The maximum atomic E-state index is 12.3. The largest absolute Gasteiger partial charge is 0.383 e. The van der Waals surface area contributed by atoms with Crippen molar-refractivity contribution >= 4 is 5.91 Å². The maximum Gasteiger partial charge on any atom is 0.293 e. The van der Waals surface area contributed by atoms with Crippen LogP contribution in [-0.2, 0) is 4.74 Å². The Hall–Kier alpha value is -1.47. The molecule has 1 aliphatic heterocycles. The van der Waals surface area contributed by atoms with E-state index >= 15 is 0 Å². The molecule has 2 heterocycles. The highest BCUT2D eigenvalue weighted by atomic mass is 16.5. The normalized spacial score (nSPS) is 18.7. The van der Waals surface area contributed by atoms with Gasteiger partial charge in [-0.25, -0.2) is 4.98 Å². The number of aryl methyl sites for hydroxylation is 1. The second kappa shape index (κ2) is 6.63. The third kappa shape index (κ3) is 3.74. The van der Waals surface area contributed by atoms with Crippen molar-refractivity contribution in [1.29, 1.82) is 0 Å². The summed E-state index contributed by atoms with van der Waals surface area (Å²) in [6.07, 6.45) is 2.26. The van der Waals surface area contributed by atoms with Gasteiger partial charge in [-0.2, -0.15) is 0 Å². The number of rotatable bonds is 6. The molecule has 0 saturated carbocycles. The van der Waals surface area contributed by atoms with Crippen LogP contribution >= 0.6 is 0 Å². The van der Waals surface area contributed by atoms with E-state index in [-0.39, 0.29) is 11.7 Å². The van der Waals surface area contributed by atoms with Gasteiger partial charge in [0.05, 0.1) is 6.61 Å². The lowest BCUT2D eigenvalue weighted by atomic mass is 10.2. The van der Waals surface area contributed by atoms with Gasteiger partial charge in [-0.15, -0.1) is 5.10 Å². The number of H-pyrrole nitrogens is 1. The van der Waals surface area contributed by atoms with E-state index in [1.54, 1.807) is 18.9 Å². The van der Waals surface area contributed by atoms with E-state index in [1.807, 2.05) is 0 Å². The van der Waals surface area contributed by atoms with Gasteiger partial charge in [0.25, 0.3) is 5.91 Å². The minimum absolute atomic E-state index is 0.143. The van der Waals surface area contributed by atoms with Crippen LogP contribution in [0.1, 0.15) is 29.3 Å². The van der Waals surface area contributed by atoms with E-state index in [0.717, 1.165) is 19.4 Å². The zero-order valence-corrected chi connectivity index (χ0v) is 11.5. The first-order valence-electron chi connectivity index (χ1n) is 6.61. The first-order valence-corrected chi connectivity index (χ1v) is 6.61. The van der Waals surface area contributed by atoms with Crippen molar-refractivity contribution in [2.24, 2.45) is 0 Å². The molecule has 1 fully saturated rings. The molecule has 0 aromatic carbocycles. The smallest absolute Gasteiger partial charge is 0.293 e. The summed E-state index contributed by atoms with van der Waals surface area (Å²) in [7, 11) is 1.63. The SMILES string of the molecule is COCCN(CC1CCCN1)C(=O)c1n[nH]c(C)n1. The fourth-order valence-corrected chi connectivity index (χ4v) is 2.24. The molecule has 2 rings (SSSR count). The number of ether oxygens (including phenoxy) is 1. The van der Waals surface area contributed by atoms with E-state index < -0.39 is 0 Å². The molecule has 1 atom stereocenters. The molecule has 106 valence electrons. The van der Waals surface area contributed by atoms with Gasteiger partial charge in [-0.1, -0.05) is 0 Å². The molecule has 7 heteroatoms. The van der Waals surface area contributed by atoms with E-state index in [2.05, 4.69) is 20.5 Å². The molecular formula is C12H21N5O2. The fraction of sp³-hybridized carbons (Fsp3) is 0.750. The van der Waals surface area contributed by atoms with E-state index in [4.69, 9.17) is 4.74 Å². The number of carbonyl (C=O) groups excluding carboxylic acids is 1. The number of amides is 1. The third-order valence-corrected chi connectivity index (χ3v) is 3.24. The highest BCUT2D eigenvalue weighted by molar-refractivity contribution is 5.90. The molecule has 1 saturated heterocycles. The molecule has 19 heavy (non-hydrogen) atoms. The van der Waals surface area contributed by atoms with Crippen molar-refractivity contribution in [3.63, 3.8) is 0 Å². The van der Waals surface area contributed by atoms with Crippen LogP contribution in [0, 0.1) is 6.92 Å². The first-order chi connectivity index (χ1) is 9.20. The van der Waals surface area contributed by atoms with Gasteiger partial charge in [0.2, 0.25) is 5.82 Å². The Bertz CT molecular complexity index is 414. The fourth-order valence-electron chi connectivity index (χ4n) is 2.24. The van der Waals surface area contributed by atoms with E-state index in [0.29, 0.717) is 31.6 Å². The van der Waals surface area contributed by atoms with Crippen LogP contribution in [0.3, 0.4) is 0 Å². The summed E-state index contributed by atoms with van der Waals surface area (Å²) in [4.78, 5) is 18.2. The van der Waals surface area contributed by atoms with Crippen molar-refractivity contribution in [3.8, 4) is 0 Å². The van der Waals surface area contributed by atoms with Crippen LogP contribution in [0.15, 0.2) is 0 Å². The van der Waals surface area contributed by atoms with Gasteiger partial charge < -0.3 is 15.0 Å². The lowest BCUT2D eigenvalue weighted by Crippen LogP contribution is -2.43. The van der Waals surface area contributed by atoms with Gasteiger partial charge in [-0.3, -0.25) is 9.89 Å². The number of carbonyl (C=O) groups is 1. The Balaban J connectivity index is 2.00. The summed E-state index contributed by atoms with van der Waals surface area (Å²) in [6, 6.07) is 0.362. The van der Waals surface area contributed by atoms with Gasteiger partial charge in [0.15, 0.2) is 0 Å². The zero-order valence-electron chi connectivity index (χ0n) is 11.5. The van der Waals surface area contributed by atoms with Crippen molar-refractivity contribution < 1.29 is 9.53 Å². The summed E-state index contributed by atoms with van der Waals surface area (Å²) < 4.78 is 5.07. The number of aromatic nitrogens is 3. The second-order valence-electron chi connectivity index (χ2n) is 4.78. The Morgan fingerprint density at radius 1 is 1.58 bits per heavy atom. The van der Waals surface area contributed by atoms with Crippen LogP contribution in [-0.4, -0.2) is 65.4 Å². The lowest BCUT2D eigenvalue weighted by molar-refractivity contribution is 0.0667. The van der Waals surface area contributed by atoms with Gasteiger partial charge in [0.1, 0.15) is 5.82 Å². The average molecular weight is 267 g/mol. The number of nitrogens with zero attached hydrogens (tertiary/aromatic N) is 3. The quantitative estimate of drug-likeness (QED) is 0.755. The second-order valence-corrected chi connectivity index (χ2v) is 4.78. The van der Waals surface area contributed by atoms with Crippen LogP contribution < -0.4 is 5.32 Å². The first kappa shape index (κ1) is 14.0. The van der Waals surface area contributed by atoms with Crippen molar-refractivity contribution in [2.45, 2.75) is 25.8 Å². The van der Waals surface area contributed by atoms with Crippen molar-refractivity contribution in [3.05, 3.63) is 11.6 Å². The Kier molecular flexibility index (Phi) is 4.86. The number of hydrogen-bond donors (Lipinski definition) is 2. The predicted molar refractivity (Wildman–Crippen MR) is 69.9 cm³/mol. The van der Waals surface area contributed by atoms with Gasteiger partial charge >= 0.3 is 0 Å². The van der Waals surface area contributed by atoms with Crippen molar-refractivity contribution in [1.82, 2.24) is 25.4 Å². The minimum Gasteiger partial charge on any atom is -0.383 e. The Morgan fingerprint density at radius 3 is 3.00 bits per heavy atom. The third-order valence-electron chi connectivity index (χ3n) is 3.24. The predicted octanol–water partition coefficient (Wildman–Crippen LogP) is -0.0463. The number of hydrogen-bond acceptors (Lipinski definition) is 5. The highest BCUT2D eigenvalue weighted by Gasteiger charge is 2.24. The average Bonchev–Trinajstić information content (AvgIpc) is 3.05. The van der Waals surface area contributed by atoms with Crippen LogP contribution in [0.2, 0.25) is 0 Å². The number of methoxy groups -OCH3 is 1. The van der Waals surface area contributed by atoms with Gasteiger partial charge in [0, 0.05) is 26.2 Å². The highest BCUT2D eigenvalue weighted by Crippen LogP contribution is 2.09. The van der Waals surface area contributed by atoms with E-state index in [1.165, 1.54) is 0 Å². The molecule has 0 bridgehead atoms. The molecule has 0 spiro atoms. The zero-order chi connectivity index (χ0) is 13.7. The standard InChI is InChI=1S/C12H21N5O2/c1-9-14-11(16-15-9)12(18)17(6-7-19-2)8-10-4-3-5-13-10/h10,13H,3-8H2,1-2H3,(H,14,15,16). The topological polar surface area (TPSA) is 83.1 Å². The minimum atomic E-state index is -0.143. The maximum absolute atomic E-state index is 12.3. The molecule has 1 amide bonds. The van der Waals surface area contributed by atoms with Gasteiger partial charge in [-0.05, 0) is 26.3 Å².